The first-order valence-corrected chi connectivity index (χ1v) is 26.7. The zero-order valence-corrected chi connectivity index (χ0v) is 39.7. The zero-order valence-electron chi connectivity index (χ0n) is 38.8. The fraction of sp³-hybridized carbons (Fsp3) is 0.918. The van der Waals surface area contributed by atoms with Crippen molar-refractivity contribution in [3.05, 3.63) is 12.2 Å². The summed E-state index contributed by atoms with van der Waals surface area (Å²) in [6.07, 6.45) is 49.6. The van der Waals surface area contributed by atoms with Crippen molar-refractivity contribution in [3.63, 3.8) is 0 Å². The largest absolute Gasteiger partial charge is 0.472 e. The molecule has 0 rings (SSSR count). The molecular weight excluding hydrogens is 762 g/mol. The lowest BCUT2D eigenvalue weighted by molar-refractivity contribution is -0.161. The SMILES string of the molecule is CCCCCCCC/C=C\CCCCCCCCCC(=O)O[C@H](COC(=O)CCCCCCCCCCCCCCCCCCCCCCC)COP(=O)(O)OCCN. The predicted molar refractivity (Wildman–Crippen MR) is 248 cm³/mol. The fourth-order valence-electron chi connectivity index (χ4n) is 7.40. The van der Waals surface area contributed by atoms with Crippen LogP contribution >= 0.6 is 7.82 Å². The van der Waals surface area contributed by atoms with Crippen LogP contribution in [0.25, 0.3) is 0 Å². The second-order valence-corrected chi connectivity index (χ2v) is 18.5. The molecule has 9 nitrogen and oxygen atoms in total. The first-order chi connectivity index (χ1) is 28.8. The third-order valence-corrected chi connectivity index (χ3v) is 12.1. The van der Waals surface area contributed by atoms with Crippen LogP contribution in [0.3, 0.4) is 0 Å². The van der Waals surface area contributed by atoms with E-state index in [1.165, 1.54) is 180 Å². The summed E-state index contributed by atoms with van der Waals surface area (Å²) in [6.45, 7) is 3.78. The third kappa shape index (κ3) is 46.1. The molecule has 10 heteroatoms. The molecule has 350 valence electrons. The Kier molecular flexibility index (Phi) is 45.3. The maximum Gasteiger partial charge on any atom is 0.472 e. The van der Waals surface area contributed by atoms with Crippen molar-refractivity contribution in [1.82, 2.24) is 0 Å². The van der Waals surface area contributed by atoms with Crippen molar-refractivity contribution in [2.75, 3.05) is 26.4 Å². The van der Waals surface area contributed by atoms with E-state index in [9.17, 15) is 19.0 Å². The van der Waals surface area contributed by atoms with Crippen LogP contribution in [-0.2, 0) is 32.7 Å². The highest BCUT2D eigenvalue weighted by molar-refractivity contribution is 7.47. The molecule has 0 bridgehead atoms. The Labute approximate surface area is 364 Å². The van der Waals surface area contributed by atoms with Gasteiger partial charge in [-0.3, -0.25) is 18.6 Å². The van der Waals surface area contributed by atoms with E-state index in [1.807, 2.05) is 0 Å². The molecule has 0 radical (unpaired) electrons. The van der Waals surface area contributed by atoms with Crippen LogP contribution in [0.5, 0.6) is 0 Å². The number of nitrogens with two attached hydrogens (primary N) is 1. The van der Waals surface area contributed by atoms with Crippen molar-refractivity contribution >= 4 is 19.8 Å². The summed E-state index contributed by atoms with van der Waals surface area (Å²) in [5.74, 6) is -0.818. The summed E-state index contributed by atoms with van der Waals surface area (Å²) >= 11 is 0. The van der Waals surface area contributed by atoms with Crippen LogP contribution in [0, 0.1) is 0 Å². The van der Waals surface area contributed by atoms with E-state index in [-0.39, 0.29) is 38.6 Å². The molecule has 0 saturated heterocycles. The average molecular weight is 858 g/mol. The van der Waals surface area contributed by atoms with Gasteiger partial charge in [0, 0.05) is 19.4 Å². The third-order valence-electron chi connectivity index (χ3n) is 11.2. The molecule has 0 spiro atoms. The van der Waals surface area contributed by atoms with Gasteiger partial charge in [0.15, 0.2) is 6.10 Å². The summed E-state index contributed by atoms with van der Waals surface area (Å²) < 4.78 is 32.9. The van der Waals surface area contributed by atoms with Crippen LogP contribution in [0.4, 0.5) is 0 Å². The number of hydrogen-bond donors (Lipinski definition) is 2. The number of phosphoric acid groups is 1. The van der Waals surface area contributed by atoms with Gasteiger partial charge in [0.1, 0.15) is 6.61 Å². The van der Waals surface area contributed by atoms with Gasteiger partial charge in [-0.25, -0.2) is 4.57 Å². The van der Waals surface area contributed by atoms with Gasteiger partial charge in [0.05, 0.1) is 13.2 Å². The second kappa shape index (κ2) is 46.3. The van der Waals surface area contributed by atoms with E-state index in [4.69, 9.17) is 24.3 Å². The van der Waals surface area contributed by atoms with E-state index in [0.717, 1.165) is 44.9 Å². The molecule has 59 heavy (non-hydrogen) atoms. The number of unbranched alkanes of at least 4 members (excludes halogenated alkanes) is 33. The van der Waals surface area contributed by atoms with E-state index in [1.54, 1.807) is 0 Å². The molecule has 0 saturated carbocycles. The molecule has 0 aromatic carbocycles. The van der Waals surface area contributed by atoms with Crippen LogP contribution in [0.1, 0.15) is 258 Å². The number of carbonyl (C=O) groups excluding carboxylic acids is 2. The lowest BCUT2D eigenvalue weighted by Crippen LogP contribution is -2.29. The minimum atomic E-state index is -4.38. The van der Waals surface area contributed by atoms with Gasteiger partial charge < -0.3 is 20.1 Å². The van der Waals surface area contributed by atoms with Gasteiger partial charge in [0.2, 0.25) is 0 Å². The molecule has 0 amide bonds. The Hall–Kier alpha value is -1.25. The van der Waals surface area contributed by atoms with E-state index in [2.05, 4.69) is 26.0 Å². The smallest absolute Gasteiger partial charge is 0.462 e. The zero-order chi connectivity index (χ0) is 43.2. The number of carbonyl (C=O) groups is 2. The summed E-state index contributed by atoms with van der Waals surface area (Å²) in [5, 5.41) is 0. The Morgan fingerprint density at radius 2 is 0.831 bits per heavy atom. The normalized spacial score (nSPS) is 13.2. The number of esters is 2. The molecule has 1 unspecified atom stereocenters. The second-order valence-electron chi connectivity index (χ2n) is 17.0. The fourth-order valence-corrected chi connectivity index (χ4v) is 8.16. The minimum Gasteiger partial charge on any atom is -0.462 e. The lowest BCUT2D eigenvalue weighted by atomic mass is 10.0. The van der Waals surface area contributed by atoms with E-state index >= 15 is 0 Å². The molecule has 0 fully saturated rings. The Morgan fingerprint density at radius 3 is 1.20 bits per heavy atom. The highest BCUT2D eigenvalue weighted by Crippen LogP contribution is 2.43. The van der Waals surface area contributed by atoms with Crippen molar-refractivity contribution in [3.8, 4) is 0 Å². The quantitative estimate of drug-likeness (QED) is 0.0265. The van der Waals surface area contributed by atoms with Gasteiger partial charge in [-0.05, 0) is 38.5 Å². The Balaban J connectivity index is 4.01. The van der Waals surface area contributed by atoms with Crippen LogP contribution in [-0.4, -0.2) is 49.3 Å². The highest BCUT2D eigenvalue weighted by atomic mass is 31.2. The Morgan fingerprint density at radius 1 is 0.492 bits per heavy atom. The molecule has 0 aliphatic carbocycles. The van der Waals surface area contributed by atoms with Crippen molar-refractivity contribution in [1.29, 1.82) is 0 Å². The summed E-state index contributed by atoms with van der Waals surface area (Å²) in [5.41, 5.74) is 5.36. The van der Waals surface area contributed by atoms with Crippen LogP contribution in [0.15, 0.2) is 12.2 Å². The van der Waals surface area contributed by atoms with E-state index < -0.39 is 26.5 Å². The lowest BCUT2D eigenvalue weighted by Gasteiger charge is -2.19. The first-order valence-electron chi connectivity index (χ1n) is 25.2. The number of allylic oxidation sites excluding steroid dienone is 2. The molecule has 0 heterocycles. The van der Waals surface area contributed by atoms with Gasteiger partial charge in [-0.1, -0.05) is 219 Å². The maximum atomic E-state index is 12.6. The van der Waals surface area contributed by atoms with Crippen molar-refractivity contribution in [2.45, 2.75) is 264 Å². The van der Waals surface area contributed by atoms with E-state index in [0.29, 0.717) is 6.42 Å². The molecule has 3 N–H and O–H groups in total. The van der Waals surface area contributed by atoms with Gasteiger partial charge in [-0.15, -0.1) is 0 Å². The summed E-state index contributed by atoms with van der Waals surface area (Å²) in [6, 6.07) is 0. The molecule has 2 atom stereocenters. The van der Waals surface area contributed by atoms with Gasteiger partial charge >= 0.3 is 19.8 Å². The minimum absolute atomic E-state index is 0.0557. The molecule has 0 aliphatic rings. The van der Waals surface area contributed by atoms with Crippen molar-refractivity contribution < 1.29 is 37.6 Å². The topological polar surface area (TPSA) is 134 Å². The maximum absolute atomic E-state index is 12.6. The number of ether oxygens (including phenoxy) is 2. The highest BCUT2D eigenvalue weighted by Gasteiger charge is 2.26. The predicted octanol–water partition coefficient (Wildman–Crippen LogP) is 15.0. The monoisotopic (exact) mass is 858 g/mol. The number of rotatable bonds is 48. The van der Waals surface area contributed by atoms with Gasteiger partial charge in [-0.2, -0.15) is 0 Å². The molecule has 0 aromatic rings. The average Bonchev–Trinajstić information content (AvgIpc) is 3.22. The number of hydrogen-bond acceptors (Lipinski definition) is 8. The van der Waals surface area contributed by atoms with Gasteiger partial charge in [0.25, 0.3) is 0 Å². The molecular formula is C49H96NO8P. The first kappa shape index (κ1) is 57.8. The summed E-state index contributed by atoms with van der Waals surface area (Å²) in [7, 11) is -4.38. The number of phosphoric ester groups is 1. The standard InChI is InChI=1S/C49H96NO8P/c1-3-5-7-9-11-13-15-17-19-21-22-23-24-26-27-29-31-33-35-37-39-41-48(51)55-45-47(46-57-59(53,54)56-44-43-50)58-49(52)42-40-38-36-34-32-30-28-25-20-18-16-14-12-10-8-6-4-2/h18,20,47H,3-17,19,21-46,50H2,1-2H3,(H,53,54)/b20-18-/t47-/m1/s1. The van der Waals surface area contributed by atoms with Crippen LogP contribution < -0.4 is 5.73 Å². The summed E-state index contributed by atoms with van der Waals surface area (Å²) in [4.78, 5) is 35.0. The van der Waals surface area contributed by atoms with Crippen molar-refractivity contribution in [2.24, 2.45) is 5.73 Å². The molecule has 0 aromatic heterocycles. The van der Waals surface area contributed by atoms with Crippen LogP contribution in [0.2, 0.25) is 0 Å². The Bertz CT molecular complexity index is 980. The molecule has 0 aliphatic heterocycles.